The van der Waals surface area contributed by atoms with Gasteiger partial charge in [0.1, 0.15) is 0 Å². The van der Waals surface area contributed by atoms with Gasteiger partial charge in [-0.3, -0.25) is 9.69 Å². The molecule has 1 fully saturated rings. The quantitative estimate of drug-likeness (QED) is 0.850. The van der Waals surface area contributed by atoms with E-state index < -0.39 is 0 Å². The summed E-state index contributed by atoms with van der Waals surface area (Å²) >= 11 is 0. The third-order valence-electron chi connectivity index (χ3n) is 5.55. The SMILES string of the molecule is C[C@@H]1Cc2ccccc2N1C(=O)[C@H]1CCCN(Cc2ccccc2)C1. The van der Waals surface area contributed by atoms with Crippen LogP contribution in [0.5, 0.6) is 0 Å². The minimum Gasteiger partial charge on any atom is -0.309 e. The maximum Gasteiger partial charge on any atom is 0.231 e. The van der Waals surface area contributed by atoms with E-state index in [0.717, 1.165) is 44.6 Å². The van der Waals surface area contributed by atoms with Gasteiger partial charge in [-0.15, -0.1) is 0 Å². The number of anilines is 1. The lowest BCUT2D eigenvalue weighted by molar-refractivity contribution is -0.124. The summed E-state index contributed by atoms with van der Waals surface area (Å²) in [6.45, 7) is 5.07. The first-order valence-corrected chi connectivity index (χ1v) is 9.39. The Bertz CT molecular complexity index is 743. The summed E-state index contributed by atoms with van der Waals surface area (Å²) in [5, 5.41) is 0. The Morgan fingerprint density at radius 3 is 2.68 bits per heavy atom. The fraction of sp³-hybridized carbons (Fsp3) is 0.409. The van der Waals surface area contributed by atoms with E-state index in [0.29, 0.717) is 5.91 Å². The first-order valence-electron chi connectivity index (χ1n) is 9.39. The van der Waals surface area contributed by atoms with Gasteiger partial charge >= 0.3 is 0 Å². The van der Waals surface area contributed by atoms with Gasteiger partial charge < -0.3 is 4.90 Å². The normalized spacial score (nSPS) is 23.5. The van der Waals surface area contributed by atoms with Crippen molar-refractivity contribution in [3.05, 3.63) is 65.7 Å². The fourth-order valence-electron chi connectivity index (χ4n) is 4.34. The van der Waals surface area contributed by atoms with Crippen LogP contribution < -0.4 is 4.90 Å². The van der Waals surface area contributed by atoms with Gasteiger partial charge in [0.25, 0.3) is 0 Å². The Balaban J connectivity index is 1.47. The Labute approximate surface area is 150 Å². The molecule has 4 rings (SSSR count). The standard InChI is InChI=1S/C22H26N2O/c1-17-14-19-10-5-6-12-21(19)24(17)22(25)20-11-7-13-23(16-20)15-18-8-3-2-4-9-18/h2-6,8-10,12,17,20H,7,11,13-16H2,1H3/t17-,20+/m1/s1. The molecule has 0 spiro atoms. The van der Waals surface area contributed by atoms with E-state index in [4.69, 9.17) is 0 Å². The van der Waals surface area contributed by atoms with Gasteiger partial charge in [-0.25, -0.2) is 0 Å². The molecule has 2 atom stereocenters. The van der Waals surface area contributed by atoms with Crippen molar-refractivity contribution in [2.75, 3.05) is 18.0 Å². The van der Waals surface area contributed by atoms with E-state index in [9.17, 15) is 4.79 Å². The van der Waals surface area contributed by atoms with Crippen molar-refractivity contribution in [1.82, 2.24) is 4.90 Å². The molecule has 0 aliphatic carbocycles. The van der Waals surface area contributed by atoms with Crippen LogP contribution in [0.15, 0.2) is 54.6 Å². The molecule has 2 heterocycles. The summed E-state index contributed by atoms with van der Waals surface area (Å²) in [7, 11) is 0. The maximum absolute atomic E-state index is 13.3. The molecule has 3 heteroatoms. The Morgan fingerprint density at radius 2 is 1.84 bits per heavy atom. The van der Waals surface area contributed by atoms with Crippen molar-refractivity contribution >= 4 is 11.6 Å². The molecule has 3 nitrogen and oxygen atoms in total. The number of piperidine rings is 1. The molecular formula is C22H26N2O. The van der Waals surface area contributed by atoms with E-state index in [1.54, 1.807) is 0 Å². The highest BCUT2D eigenvalue weighted by Gasteiger charge is 2.36. The Morgan fingerprint density at radius 1 is 1.08 bits per heavy atom. The van der Waals surface area contributed by atoms with Crippen molar-refractivity contribution in [3.8, 4) is 0 Å². The van der Waals surface area contributed by atoms with E-state index in [1.807, 2.05) is 6.07 Å². The van der Waals surface area contributed by atoms with Crippen LogP contribution in [-0.4, -0.2) is 29.9 Å². The average Bonchev–Trinajstić information content (AvgIpc) is 2.98. The monoisotopic (exact) mass is 334 g/mol. The molecule has 2 aliphatic heterocycles. The summed E-state index contributed by atoms with van der Waals surface area (Å²) in [6, 6.07) is 19.2. The third-order valence-corrected chi connectivity index (χ3v) is 5.55. The van der Waals surface area contributed by atoms with E-state index in [-0.39, 0.29) is 12.0 Å². The number of carbonyl (C=O) groups excluding carboxylic acids is 1. The van der Waals surface area contributed by atoms with Gasteiger partial charge in [-0.2, -0.15) is 0 Å². The first-order chi connectivity index (χ1) is 12.2. The lowest BCUT2D eigenvalue weighted by Gasteiger charge is -2.35. The van der Waals surface area contributed by atoms with E-state index in [1.165, 1.54) is 11.1 Å². The molecule has 1 amide bonds. The highest BCUT2D eigenvalue weighted by atomic mass is 16.2. The predicted molar refractivity (Wildman–Crippen MR) is 102 cm³/mol. The van der Waals surface area contributed by atoms with Crippen LogP contribution >= 0.6 is 0 Å². The highest BCUT2D eigenvalue weighted by molar-refractivity contribution is 5.97. The topological polar surface area (TPSA) is 23.6 Å². The second-order valence-corrected chi connectivity index (χ2v) is 7.45. The van der Waals surface area contributed by atoms with Crippen LogP contribution in [0.4, 0.5) is 5.69 Å². The lowest BCUT2D eigenvalue weighted by atomic mass is 9.95. The largest absolute Gasteiger partial charge is 0.309 e. The molecule has 1 saturated heterocycles. The number of hydrogen-bond acceptors (Lipinski definition) is 2. The number of fused-ring (bicyclic) bond motifs is 1. The van der Waals surface area contributed by atoms with Crippen LogP contribution in [0.1, 0.15) is 30.9 Å². The van der Waals surface area contributed by atoms with E-state index >= 15 is 0 Å². The summed E-state index contributed by atoms with van der Waals surface area (Å²) in [5.41, 5.74) is 3.76. The summed E-state index contributed by atoms with van der Waals surface area (Å²) < 4.78 is 0. The molecule has 130 valence electrons. The minimum atomic E-state index is 0.117. The predicted octanol–water partition coefficient (Wildman–Crippen LogP) is 3.88. The molecule has 25 heavy (non-hydrogen) atoms. The second-order valence-electron chi connectivity index (χ2n) is 7.45. The van der Waals surface area contributed by atoms with Crippen LogP contribution in [0.2, 0.25) is 0 Å². The van der Waals surface area contributed by atoms with Crippen molar-refractivity contribution < 1.29 is 4.79 Å². The number of likely N-dealkylation sites (tertiary alicyclic amines) is 1. The van der Waals surface area contributed by atoms with Gasteiger partial charge in [-0.05, 0) is 49.9 Å². The number of hydrogen-bond donors (Lipinski definition) is 0. The number of rotatable bonds is 3. The molecule has 2 aliphatic rings. The molecular weight excluding hydrogens is 308 g/mol. The lowest BCUT2D eigenvalue weighted by Crippen LogP contribution is -2.46. The van der Waals surface area contributed by atoms with E-state index in [2.05, 4.69) is 65.3 Å². The zero-order chi connectivity index (χ0) is 17.2. The molecule has 2 aromatic rings. The molecule has 2 aromatic carbocycles. The van der Waals surface area contributed by atoms with Crippen LogP contribution in [0, 0.1) is 5.92 Å². The number of para-hydroxylation sites is 1. The zero-order valence-electron chi connectivity index (χ0n) is 14.9. The fourth-order valence-corrected chi connectivity index (χ4v) is 4.34. The third kappa shape index (κ3) is 3.34. The van der Waals surface area contributed by atoms with Gasteiger partial charge in [0.05, 0.1) is 5.92 Å². The first kappa shape index (κ1) is 16.3. The van der Waals surface area contributed by atoms with Crippen molar-refractivity contribution in [1.29, 1.82) is 0 Å². The minimum absolute atomic E-state index is 0.117. The van der Waals surface area contributed by atoms with Gasteiger partial charge in [-0.1, -0.05) is 48.5 Å². The molecule has 0 radical (unpaired) electrons. The molecule has 0 bridgehead atoms. The van der Waals surface area contributed by atoms with Gasteiger partial charge in [0, 0.05) is 24.8 Å². The average molecular weight is 334 g/mol. The summed E-state index contributed by atoms with van der Waals surface area (Å²) in [6.07, 6.45) is 3.09. The molecule has 0 aromatic heterocycles. The second kappa shape index (κ2) is 7.01. The molecule has 0 N–H and O–H groups in total. The summed E-state index contributed by atoms with van der Waals surface area (Å²) in [5.74, 6) is 0.432. The zero-order valence-corrected chi connectivity index (χ0v) is 14.9. The smallest absolute Gasteiger partial charge is 0.231 e. The van der Waals surface area contributed by atoms with Gasteiger partial charge in [0.15, 0.2) is 0 Å². The Kier molecular flexibility index (Phi) is 4.58. The molecule has 0 unspecified atom stereocenters. The number of amides is 1. The van der Waals surface area contributed by atoms with Crippen LogP contribution in [0.3, 0.4) is 0 Å². The van der Waals surface area contributed by atoms with Crippen LogP contribution in [-0.2, 0) is 17.8 Å². The maximum atomic E-state index is 13.3. The number of nitrogens with zero attached hydrogens (tertiary/aromatic N) is 2. The molecule has 0 saturated carbocycles. The highest BCUT2D eigenvalue weighted by Crippen LogP contribution is 2.34. The summed E-state index contributed by atoms with van der Waals surface area (Å²) in [4.78, 5) is 17.8. The van der Waals surface area contributed by atoms with Gasteiger partial charge in [0.2, 0.25) is 5.91 Å². The number of benzene rings is 2. The number of carbonyl (C=O) groups is 1. The Hall–Kier alpha value is -2.13. The van der Waals surface area contributed by atoms with Crippen molar-refractivity contribution in [3.63, 3.8) is 0 Å². The van der Waals surface area contributed by atoms with Crippen LogP contribution in [0.25, 0.3) is 0 Å². The van der Waals surface area contributed by atoms with Crippen molar-refractivity contribution in [2.45, 2.75) is 38.8 Å². The van der Waals surface area contributed by atoms with Crippen molar-refractivity contribution in [2.24, 2.45) is 5.92 Å².